The molecule has 1 aliphatic heterocycles. The predicted molar refractivity (Wildman–Crippen MR) is 64.9 cm³/mol. The minimum Gasteiger partial charge on any atom is -0.468 e. The molecule has 0 N–H and O–H groups in total. The fourth-order valence-corrected chi connectivity index (χ4v) is 1.96. The number of hydrogen-bond acceptors (Lipinski definition) is 3. The average Bonchev–Trinajstić information content (AvgIpc) is 2.37. The van der Waals surface area contributed by atoms with E-state index >= 15 is 0 Å². The Morgan fingerprint density at radius 2 is 2.18 bits per heavy atom. The molecule has 17 heavy (non-hydrogen) atoms. The molecule has 0 atom stereocenters. The largest absolute Gasteiger partial charge is 0.468 e. The van der Waals surface area contributed by atoms with Crippen LogP contribution in [0.4, 0.5) is 0 Å². The Morgan fingerprint density at radius 3 is 2.88 bits per heavy atom. The third kappa shape index (κ3) is 3.44. The van der Waals surface area contributed by atoms with E-state index in [0.29, 0.717) is 5.88 Å². The van der Waals surface area contributed by atoms with Gasteiger partial charge >= 0.3 is 0 Å². The molecule has 0 spiro atoms. The molecule has 1 aromatic rings. The van der Waals surface area contributed by atoms with Gasteiger partial charge in [0.05, 0.1) is 0 Å². The van der Waals surface area contributed by atoms with Gasteiger partial charge in [-0.2, -0.15) is 0 Å². The first-order valence-corrected chi connectivity index (χ1v) is 6.09. The van der Waals surface area contributed by atoms with Crippen LogP contribution in [-0.2, 0) is 4.79 Å². The van der Waals surface area contributed by atoms with Gasteiger partial charge in [-0.1, -0.05) is 0 Å². The molecular weight excluding hydrogens is 216 g/mol. The SMILES string of the molecule is Cc1ccnc(OCC(=O)N2CCCCC2)c1. The number of likely N-dealkylation sites (tertiary alicyclic amines) is 1. The molecule has 0 unspecified atom stereocenters. The highest BCUT2D eigenvalue weighted by Crippen LogP contribution is 2.11. The molecule has 2 heterocycles. The summed E-state index contributed by atoms with van der Waals surface area (Å²) in [7, 11) is 0. The van der Waals surface area contributed by atoms with Crippen molar-refractivity contribution < 1.29 is 9.53 Å². The number of nitrogens with zero attached hydrogens (tertiary/aromatic N) is 2. The van der Waals surface area contributed by atoms with Crippen molar-refractivity contribution in [3.05, 3.63) is 23.9 Å². The van der Waals surface area contributed by atoms with Crippen molar-refractivity contribution in [2.75, 3.05) is 19.7 Å². The van der Waals surface area contributed by atoms with Crippen LogP contribution in [0, 0.1) is 6.92 Å². The molecule has 0 aliphatic carbocycles. The number of amides is 1. The van der Waals surface area contributed by atoms with Crippen LogP contribution in [0.25, 0.3) is 0 Å². The fourth-order valence-electron chi connectivity index (χ4n) is 1.96. The lowest BCUT2D eigenvalue weighted by molar-refractivity contribution is -0.134. The van der Waals surface area contributed by atoms with E-state index in [1.807, 2.05) is 24.0 Å². The van der Waals surface area contributed by atoms with Gasteiger partial charge in [0.1, 0.15) is 0 Å². The van der Waals surface area contributed by atoms with Crippen molar-refractivity contribution in [2.24, 2.45) is 0 Å². The number of aryl methyl sites for hydroxylation is 1. The lowest BCUT2D eigenvalue weighted by atomic mass is 10.1. The number of hydrogen-bond donors (Lipinski definition) is 0. The summed E-state index contributed by atoms with van der Waals surface area (Å²) in [6.07, 6.45) is 5.13. The Bertz CT molecular complexity index is 387. The van der Waals surface area contributed by atoms with Crippen LogP contribution >= 0.6 is 0 Å². The van der Waals surface area contributed by atoms with E-state index < -0.39 is 0 Å². The van der Waals surface area contributed by atoms with Crippen LogP contribution in [-0.4, -0.2) is 35.5 Å². The molecule has 2 rings (SSSR count). The number of piperidine rings is 1. The number of rotatable bonds is 3. The van der Waals surface area contributed by atoms with Crippen LogP contribution in [0.2, 0.25) is 0 Å². The molecule has 4 heteroatoms. The second-order valence-corrected chi connectivity index (χ2v) is 4.40. The molecule has 0 saturated carbocycles. The van der Waals surface area contributed by atoms with Gasteiger partial charge in [-0.15, -0.1) is 0 Å². The van der Waals surface area contributed by atoms with Crippen molar-refractivity contribution in [3.63, 3.8) is 0 Å². The Balaban J connectivity index is 1.83. The summed E-state index contributed by atoms with van der Waals surface area (Å²) in [6.45, 7) is 3.80. The third-order valence-corrected chi connectivity index (χ3v) is 2.94. The summed E-state index contributed by atoms with van der Waals surface area (Å²) in [6, 6.07) is 3.74. The van der Waals surface area contributed by atoms with Gasteiger partial charge in [0.15, 0.2) is 6.61 Å². The zero-order chi connectivity index (χ0) is 12.1. The van der Waals surface area contributed by atoms with Crippen LogP contribution in [0.5, 0.6) is 5.88 Å². The van der Waals surface area contributed by atoms with Gasteiger partial charge in [0, 0.05) is 25.4 Å². The highest BCUT2D eigenvalue weighted by Gasteiger charge is 2.16. The summed E-state index contributed by atoms with van der Waals surface area (Å²) in [5.74, 6) is 0.586. The second-order valence-electron chi connectivity index (χ2n) is 4.40. The summed E-state index contributed by atoms with van der Waals surface area (Å²) in [5, 5.41) is 0. The Kier molecular flexibility index (Phi) is 3.96. The molecule has 0 bridgehead atoms. The van der Waals surface area contributed by atoms with Gasteiger partial charge in [-0.3, -0.25) is 4.79 Å². The number of pyridine rings is 1. The molecule has 0 radical (unpaired) electrons. The first kappa shape index (κ1) is 11.9. The van der Waals surface area contributed by atoms with Gasteiger partial charge in [-0.25, -0.2) is 4.98 Å². The lowest BCUT2D eigenvalue weighted by Gasteiger charge is -2.26. The van der Waals surface area contributed by atoms with Gasteiger partial charge < -0.3 is 9.64 Å². The third-order valence-electron chi connectivity index (χ3n) is 2.94. The quantitative estimate of drug-likeness (QED) is 0.800. The normalized spacial score (nSPS) is 15.7. The summed E-state index contributed by atoms with van der Waals surface area (Å²) >= 11 is 0. The second kappa shape index (κ2) is 5.66. The maximum Gasteiger partial charge on any atom is 0.260 e. The molecule has 1 amide bonds. The molecule has 0 aromatic carbocycles. The highest BCUT2D eigenvalue weighted by atomic mass is 16.5. The van der Waals surface area contributed by atoms with Crippen LogP contribution in [0.15, 0.2) is 18.3 Å². The number of carbonyl (C=O) groups excluding carboxylic acids is 1. The van der Waals surface area contributed by atoms with E-state index in [1.165, 1.54) is 6.42 Å². The van der Waals surface area contributed by atoms with E-state index in [2.05, 4.69) is 4.98 Å². The molecule has 1 fully saturated rings. The van der Waals surface area contributed by atoms with Crippen LogP contribution < -0.4 is 4.74 Å². The lowest BCUT2D eigenvalue weighted by Crippen LogP contribution is -2.38. The highest BCUT2D eigenvalue weighted by molar-refractivity contribution is 5.77. The number of aromatic nitrogens is 1. The standard InChI is InChI=1S/C13H18N2O2/c1-11-5-6-14-12(9-11)17-10-13(16)15-7-3-2-4-8-15/h5-6,9H,2-4,7-8,10H2,1H3. The zero-order valence-electron chi connectivity index (χ0n) is 10.2. The van der Waals surface area contributed by atoms with E-state index in [1.54, 1.807) is 6.20 Å². The van der Waals surface area contributed by atoms with Crippen molar-refractivity contribution >= 4 is 5.91 Å². The maximum absolute atomic E-state index is 11.8. The minimum absolute atomic E-state index is 0.0630. The van der Waals surface area contributed by atoms with E-state index in [-0.39, 0.29) is 12.5 Å². The zero-order valence-corrected chi connectivity index (χ0v) is 10.2. The van der Waals surface area contributed by atoms with Crippen LogP contribution in [0.3, 0.4) is 0 Å². The number of ether oxygens (including phenoxy) is 1. The summed E-state index contributed by atoms with van der Waals surface area (Å²) in [4.78, 5) is 17.8. The predicted octanol–water partition coefficient (Wildman–Crippen LogP) is 1.78. The average molecular weight is 234 g/mol. The maximum atomic E-state index is 11.8. The first-order valence-electron chi connectivity index (χ1n) is 6.09. The van der Waals surface area contributed by atoms with Crippen molar-refractivity contribution in [1.82, 2.24) is 9.88 Å². The smallest absolute Gasteiger partial charge is 0.260 e. The first-order chi connectivity index (χ1) is 8.25. The van der Waals surface area contributed by atoms with Gasteiger partial charge in [-0.05, 0) is 37.8 Å². The number of carbonyl (C=O) groups is 1. The van der Waals surface area contributed by atoms with Gasteiger partial charge in [0.2, 0.25) is 5.88 Å². The summed E-state index contributed by atoms with van der Waals surface area (Å²) < 4.78 is 5.40. The van der Waals surface area contributed by atoms with Crippen molar-refractivity contribution in [3.8, 4) is 5.88 Å². The minimum atomic E-state index is 0.0630. The monoisotopic (exact) mass is 234 g/mol. The van der Waals surface area contributed by atoms with E-state index in [0.717, 1.165) is 31.5 Å². The van der Waals surface area contributed by atoms with Gasteiger partial charge in [0.25, 0.3) is 5.91 Å². The molecule has 4 nitrogen and oxygen atoms in total. The molecular formula is C13H18N2O2. The van der Waals surface area contributed by atoms with Crippen molar-refractivity contribution in [2.45, 2.75) is 26.2 Å². The Morgan fingerprint density at radius 1 is 1.41 bits per heavy atom. The van der Waals surface area contributed by atoms with Crippen LogP contribution in [0.1, 0.15) is 24.8 Å². The fraction of sp³-hybridized carbons (Fsp3) is 0.538. The molecule has 1 aliphatic rings. The Hall–Kier alpha value is -1.58. The molecule has 92 valence electrons. The molecule has 1 aromatic heterocycles. The Labute approximate surface area is 102 Å². The van der Waals surface area contributed by atoms with Crippen molar-refractivity contribution in [1.29, 1.82) is 0 Å². The van der Waals surface area contributed by atoms with E-state index in [9.17, 15) is 4.79 Å². The van der Waals surface area contributed by atoms with E-state index in [4.69, 9.17) is 4.74 Å². The summed E-state index contributed by atoms with van der Waals surface area (Å²) in [5.41, 5.74) is 1.08. The molecule has 1 saturated heterocycles. The topological polar surface area (TPSA) is 42.4 Å².